The Morgan fingerprint density at radius 1 is 1.13 bits per heavy atom. The maximum Gasteiger partial charge on any atom is 0.430 e. The molecule has 1 saturated heterocycles. The number of carbonyl (C=O) groups is 1. The lowest BCUT2D eigenvalue weighted by atomic mass is 10.4. The molecule has 0 spiro atoms. The Kier molecular flexibility index (Phi) is 9.09. The number of carboxylic acids is 1. The topological polar surface area (TPSA) is 83.9 Å². The van der Waals surface area contributed by atoms with Crippen LogP contribution in [0.4, 0.5) is 39.5 Å². The summed E-state index contributed by atoms with van der Waals surface area (Å²) in [5, 5.41) is 7.42. The molecule has 1 atom stereocenters. The lowest BCUT2D eigenvalue weighted by Crippen LogP contribution is -2.60. The van der Waals surface area contributed by atoms with E-state index in [1.165, 1.54) is 0 Å². The highest BCUT2D eigenvalue weighted by Gasteiger charge is 2.55. The quantitative estimate of drug-likeness (QED) is 0.595. The fraction of sp³-hybridized carbons (Fsp3) is 0.875. The summed E-state index contributed by atoms with van der Waals surface area (Å²) in [5.74, 6) is -2.51. The molecule has 1 fully saturated rings. The predicted molar refractivity (Wildman–Crippen MR) is 53.8 cm³/mol. The molecule has 0 aromatic rings. The van der Waals surface area contributed by atoms with Crippen molar-refractivity contribution in [2.45, 2.75) is 24.4 Å². The van der Waals surface area contributed by atoms with Gasteiger partial charge in [-0.3, -0.25) is 0 Å². The Labute approximate surface area is 121 Å². The summed E-state index contributed by atoms with van der Waals surface area (Å²) >= 11 is 0. The molecule has 0 amide bonds. The molecule has 138 valence electrons. The average molecular weight is 369 g/mol. The molecule has 0 aliphatic carbocycles. The number of nitrogens with zero attached hydrogens (tertiary/aromatic N) is 1. The lowest BCUT2D eigenvalue weighted by Gasteiger charge is -2.38. The standard InChI is InChI=1S/C5H6F5NO.C3H2F4O2.O2/c6-3-11-4(7,8)1-12-2-5(11,9)10;4-1(2(8)9)3(5,6)7;1-2/h1-3H2;1H,(H,8,9);. The highest BCUT2D eigenvalue weighted by Crippen LogP contribution is 2.35. The smallest absolute Gasteiger partial charge is 0.430 e. The van der Waals surface area contributed by atoms with Crippen molar-refractivity contribution < 1.29 is 54.2 Å². The summed E-state index contributed by atoms with van der Waals surface area (Å²) in [6.07, 6.45) is -9.05. The Hall–Kier alpha value is -1.64. The Bertz CT molecular complexity index is 361. The van der Waals surface area contributed by atoms with Gasteiger partial charge in [-0.15, -0.1) is 0 Å². The number of hydrogen-bond acceptors (Lipinski definition) is 5. The van der Waals surface area contributed by atoms with E-state index in [-0.39, 0.29) is 0 Å². The van der Waals surface area contributed by atoms with Gasteiger partial charge >= 0.3 is 24.2 Å². The molecule has 1 heterocycles. The normalized spacial score (nSPS) is 21.1. The molecule has 6 nitrogen and oxygen atoms in total. The Morgan fingerprint density at radius 2 is 1.48 bits per heavy atom. The Balaban J connectivity index is 0. The summed E-state index contributed by atoms with van der Waals surface area (Å²) < 4.78 is 110. The van der Waals surface area contributed by atoms with E-state index in [0.717, 1.165) is 0 Å². The molecule has 0 aromatic carbocycles. The number of aliphatic carboxylic acids is 1. The van der Waals surface area contributed by atoms with Crippen LogP contribution in [0.15, 0.2) is 0 Å². The molecule has 1 N–H and O–H groups in total. The third-order valence-corrected chi connectivity index (χ3v) is 1.96. The van der Waals surface area contributed by atoms with E-state index in [9.17, 15) is 44.3 Å². The molecule has 0 radical (unpaired) electrons. The molecule has 1 aliphatic heterocycles. The van der Waals surface area contributed by atoms with Crippen LogP contribution in [0.25, 0.3) is 0 Å². The second kappa shape index (κ2) is 8.85. The molecule has 0 aromatic heterocycles. The zero-order chi connectivity index (χ0) is 19.1. The van der Waals surface area contributed by atoms with Gasteiger partial charge in [0.2, 0.25) is 0 Å². The Morgan fingerprint density at radius 3 is 1.61 bits per heavy atom. The summed E-state index contributed by atoms with van der Waals surface area (Å²) in [4.78, 5) is 22.4. The van der Waals surface area contributed by atoms with Crippen LogP contribution < -0.4 is 0 Å². The van der Waals surface area contributed by atoms with Gasteiger partial charge in [-0.05, 0) is 0 Å². The minimum Gasteiger partial charge on any atom is -0.479 e. The molecular formula is C8H8F9NO5. The van der Waals surface area contributed by atoms with Crippen LogP contribution in [0.3, 0.4) is 0 Å². The molecular weight excluding hydrogens is 361 g/mol. The first kappa shape index (κ1) is 23.6. The zero-order valence-corrected chi connectivity index (χ0v) is 10.6. The van der Waals surface area contributed by atoms with Gasteiger partial charge in [0.05, 0.1) is 0 Å². The number of hydrogen-bond donors (Lipinski definition) is 1. The van der Waals surface area contributed by atoms with E-state index in [0.29, 0.717) is 0 Å². The van der Waals surface area contributed by atoms with E-state index in [2.05, 4.69) is 4.74 Å². The van der Waals surface area contributed by atoms with Gasteiger partial charge in [-0.2, -0.15) is 35.6 Å². The highest BCUT2D eigenvalue weighted by molar-refractivity contribution is 5.73. The first-order valence-electron chi connectivity index (χ1n) is 5.03. The lowest BCUT2D eigenvalue weighted by molar-refractivity contribution is -0.349. The first-order chi connectivity index (χ1) is 10.3. The SMILES string of the molecule is FCN1C(F)(F)COCC1(F)F.O=C(O)C(F)C(F)(F)F.O=O. The van der Waals surface area contributed by atoms with Gasteiger partial charge < -0.3 is 9.84 Å². The number of ether oxygens (including phenoxy) is 1. The van der Waals surface area contributed by atoms with Gasteiger partial charge in [0.1, 0.15) is 13.2 Å². The molecule has 1 aliphatic rings. The van der Waals surface area contributed by atoms with Gasteiger partial charge in [-0.1, -0.05) is 0 Å². The summed E-state index contributed by atoms with van der Waals surface area (Å²) in [6, 6.07) is -7.87. The molecule has 1 rings (SSSR count). The van der Waals surface area contributed by atoms with E-state index >= 15 is 0 Å². The highest BCUT2D eigenvalue weighted by atomic mass is 19.4. The van der Waals surface area contributed by atoms with Crippen molar-refractivity contribution in [3.05, 3.63) is 9.93 Å². The van der Waals surface area contributed by atoms with Crippen molar-refractivity contribution in [2.75, 3.05) is 20.0 Å². The van der Waals surface area contributed by atoms with E-state index in [4.69, 9.17) is 15.0 Å². The van der Waals surface area contributed by atoms with Crippen molar-refractivity contribution in [3.63, 3.8) is 0 Å². The van der Waals surface area contributed by atoms with Crippen LogP contribution in [0, 0.1) is 9.93 Å². The van der Waals surface area contributed by atoms with Gasteiger partial charge in [0.15, 0.2) is 6.80 Å². The number of rotatable bonds is 2. The van der Waals surface area contributed by atoms with Crippen molar-refractivity contribution >= 4 is 5.97 Å². The van der Waals surface area contributed by atoms with Crippen LogP contribution in [0.5, 0.6) is 0 Å². The number of carboxylic acid groups (broad SMARTS) is 1. The van der Waals surface area contributed by atoms with Gasteiger partial charge in [0.25, 0.3) is 6.17 Å². The minimum atomic E-state index is -5.29. The monoisotopic (exact) mass is 369 g/mol. The van der Waals surface area contributed by atoms with Crippen molar-refractivity contribution in [1.82, 2.24) is 4.90 Å². The van der Waals surface area contributed by atoms with Crippen LogP contribution in [0.1, 0.15) is 0 Å². The van der Waals surface area contributed by atoms with Crippen LogP contribution in [-0.4, -0.2) is 60.4 Å². The fourth-order valence-corrected chi connectivity index (χ4v) is 1.01. The van der Waals surface area contributed by atoms with Crippen molar-refractivity contribution in [3.8, 4) is 0 Å². The first-order valence-corrected chi connectivity index (χ1v) is 5.03. The number of alkyl halides is 9. The van der Waals surface area contributed by atoms with E-state index in [1.54, 1.807) is 0 Å². The van der Waals surface area contributed by atoms with E-state index < -0.39 is 55.3 Å². The predicted octanol–water partition coefficient (Wildman–Crippen LogP) is 2.47. The molecule has 0 bridgehead atoms. The average Bonchev–Trinajstić information content (AvgIpc) is 2.38. The molecule has 0 saturated carbocycles. The van der Waals surface area contributed by atoms with Crippen LogP contribution >= 0.6 is 0 Å². The van der Waals surface area contributed by atoms with Gasteiger partial charge in [-0.25, -0.2) is 13.6 Å². The van der Waals surface area contributed by atoms with Crippen LogP contribution in [0.2, 0.25) is 0 Å². The third-order valence-electron chi connectivity index (χ3n) is 1.96. The molecule has 1 unspecified atom stereocenters. The van der Waals surface area contributed by atoms with E-state index in [1.807, 2.05) is 0 Å². The second-order valence-electron chi connectivity index (χ2n) is 3.61. The summed E-state index contributed by atoms with van der Waals surface area (Å²) in [6.45, 7) is -4.30. The maximum absolute atomic E-state index is 12.4. The number of halogens is 9. The fourth-order valence-electron chi connectivity index (χ4n) is 1.01. The maximum atomic E-state index is 12.4. The van der Waals surface area contributed by atoms with Crippen molar-refractivity contribution in [1.29, 1.82) is 0 Å². The largest absolute Gasteiger partial charge is 0.479 e. The second-order valence-corrected chi connectivity index (χ2v) is 3.61. The zero-order valence-electron chi connectivity index (χ0n) is 10.6. The third kappa shape index (κ3) is 7.45. The van der Waals surface area contributed by atoms with Gasteiger partial charge in [0, 0.05) is 9.93 Å². The summed E-state index contributed by atoms with van der Waals surface area (Å²) in [5.41, 5.74) is 0. The van der Waals surface area contributed by atoms with Crippen LogP contribution in [-0.2, 0) is 9.53 Å². The molecule has 23 heavy (non-hydrogen) atoms. The van der Waals surface area contributed by atoms with Crippen molar-refractivity contribution in [2.24, 2.45) is 0 Å². The summed E-state index contributed by atoms with van der Waals surface area (Å²) in [7, 11) is 0. The minimum absolute atomic E-state index is 0.816. The molecule has 15 heteroatoms. The number of morpholine rings is 1.